The van der Waals surface area contributed by atoms with Crippen LogP contribution in [0, 0.1) is 5.82 Å². The van der Waals surface area contributed by atoms with Crippen molar-refractivity contribution in [1.29, 1.82) is 0 Å². The molecule has 0 saturated heterocycles. The van der Waals surface area contributed by atoms with Crippen molar-refractivity contribution in [1.82, 2.24) is 9.97 Å². The molecule has 0 aliphatic heterocycles. The van der Waals surface area contributed by atoms with Crippen LogP contribution in [0.5, 0.6) is 0 Å². The van der Waals surface area contributed by atoms with E-state index in [2.05, 4.69) is 31.2 Å². The van der Waals surface area contributed by atoms with Crippen molar-refractivity contribution in [2.24, 2.45) is 0 Å². The Kier molecular flexibility index (Phi) is 3.68. The van der Waals surface area contributed by atoms with Gasteiger partial charge in [-0.2, -0.15) is 0 Å². The molecule has 0 aliphatic carbocycles. The topological polar surface area (TPSA) is 37.8 Å². The van der Waals surface area contributed by atoms with Crippen LogP contribution >= 0.6 is 15.9 Å². The predicted octanol–water partition coefficient (Wildman–Crippen LogP) is 3.01. The highest BCUT2D eigenvalue weighted by Gasteiger charge is 2.04. The maximum absolute atomic E-state index is 12.7. The molecule has 0 bridgehead atoms. The number of nitrogens with zero attached hydrogens (tertiary/aromatic N) is 2. The molecule has 17 heavy (non-hydrogen) atoms. The number of hydrogen-bond acceptors (Lipinski definition) is 3. The molecule has 0 atom stereocenters. The summed E-state index contributed by atoms with van der Waals surface area (Å²) in [5, 5.41) is 2.97. The number of aromatic nitrogens is 2. The predicted molar refractivity (Wildman–Crippen MR) is 68.5 cm³/mol. The largest absolute Gasteiger partial charge is 0.372 e. The Morgan fingerprint density at radius 3 is 2.65 bits per heavy atom. The van der Waals surface area contributed by atoms with E-state index in [1.54, 1.807) is 25.4 Å². The number of halogens is 2. The SMILES string of the molecule is CNc1nc(Cc2ccc(F)cc2)ncc1Br. The van der Waals surface area contributed by atoms with E-state index in [1.165, 1.54) is 12.1 Å². The first-order valence-corrected chi connectivity index (χ1v) is 5.92. The molecule has 1 aromatic carbocycles. The van der Waals surface area contributed by atoms with Gasteiger partial charge in [-0.1, -0.05) is 12.1 Å². The molecule has 0 radical (unpaired) electrons. The molecule has 2 aromatic rings. The summed E-state index contributed by atoms with van der Waals surface area (Å²) < 4.78 is 13.6. The number of benzene rings is 1. The van der Waals surface area contributed by atoms with Gasteiger partial charge in [0.25, 0.3) is 0 Å². The second-order valence-electron chi connectivity index (χ2n) is 3.54. The molecule has 88 valence electrons. The zero-order chi connectivity index (χ0) is 12.3. The highest BCUT2D eigenvalue weighted by atomic mass is 79.9. The van der Waals surface area contributed by atoms with Gasteiger partial charge in [-0.25, -0.2) is 14.4 Å². The van der Waals surface area contributed by atoms with Crippen LogP contribution in [0.4, 0.5) is 10.2 Å². The molecule has 0 unspecified atom stereocenters. The van der Waals surface area contributed by atoms with Gasteiger partial charge in [-0.3, -0.25) is 0 Å². The van der Waals surface area contributed by atoms with Crippen molar-refractivity contribution < 1.29 is 4.39 Å². The fourth-order valence-electron chi connectivity index (χ4n) is 1.45. The average molecular weight is 296 g/mol. The number of nitrogens with one attached hydrogen (secondary N) is 1. The maximum Gasteiger partial charge on any atom is 0.143 e. The molecule has 1 N–H and O–H groups in total. The molecule has 0 saturated carbocycles. The molecule has 0 fully saturated rings. The maximum atomic E-state index is 12.7. The second-order valence-corrected chi connectivity index (χ2v) is 4.39. The molecule has 0 aliphatic rings. The van der Waals surface area contributed by atoms with Crippen LogP contribution in [0.1, 0.15) is 11.4 Å². The summed E-state index contributed by atoms with van der Waals surface area (Å²) in [6, 6.07) is 6.35. The minimum atomic E-state index is -0.235. The average Bonchev–Trinajstić information content (AvgIpc) is 2.34. The normalized spacial score (nSPS) is 10.3. The van der Waals surface area contributed by atoms with E-state index < -0.39 is 0 Å². The van der Waals surface area contributed by atoms with Gasteiger partial charge < -0.3 is 5.32 Å². The van der Waals surface area contributed by atoms with Gasteiger partial charge >= 0.3 is 0 Å². The first-order chi connectivity index (χ1) is 8.19. The van der Waals surface area contributed by atoms with Crippen LogP contribution in [0.2, 0.25) is 0 Å². The van der Waals surface area contributed by atoms with E-state index in [1.807, 2.05) is 0 Å². The quantitative estimate of drug-likeness (QED) is 0.946. The first kappa shape index (κ1) is 12.0. The lowest BCUT2D eigenvalue weighted by atomic mass is 10.1. The minimum Gasteiger partial charge on any atom is -0.372 e. The van der Waals surface area contributed by atoms with Crippen molar-refractivity contribution in [2.75, 3.05) is 12.4 Å². The lowest BCUT2D eigenvalue weighted by Gasteiger charge is -2.05. The summed E-state index contributed by atoms with van der Waals surface area (Å²) in [7, 11) is 1.80. The van der Waals surface area contributed by atoms with Gasteiger partial charge in [0.15, 0.2) is 0 Å². The van der Waals surface area contributed by atoms with Crippen molar-refractivity contribution in [3.8, 4) is 0 Å². The van der Waals surface area contributed by atoms with E-state index in [0.717, 1.165) is 15.9 Å². The third-order valence-corrected chi connectivity index (χ3v) is 2.89. The fourth-order valence-corrected chi connectivity index (χ4v) is 1.84. The Morgan fingerprint density at radius 1 is 1.29 bits per heavy atom. The first-order valence-electron chi connectivity index (χ1n) is 5.12. The summed E-state index contributed by atoms with van der Waals surface area (Å²) in [4.78, 5) is 8.56. The monoisotopic (exact) mass is 295 g/mol. The van der Waals surface area contributed by atoms with Crippen LogP contribution in [0.15, 0.2) is 34.9 Å². The number of rotatable bonds is 3. The molecular weight excluding hydrogens is 285 g/mol. The summed E-state index contributed by atoms with van der Waals surface area (Å²) in [5.74, 6) is 1.21. The van der Waals surface area contributed by atoms with Gasteiger partial charge in [0.1, 0.15) is 17.5 Å². The lowest BCUT2D eigenvalue weighted by molar-refractivity contribution is 0.627. The number of anilines is 1. The van der Waals surface area contributed by atoms with E-state index >= 15 is 0 Å². The highest BCUT2D eigenvalue weighted by Crippen LogP contribution is 2.18. The fraction of sp³-hybridized carbons (Fsp3) is 0.167. The molecule has 1 heterocycles. The van der Waals surface area contributed by atoms with Crippen molar-refractivity contribution in [3.63, 3.8) is 0 Å². The summed E-state index contributed by atoms with van der Waals surface area (Å²) in [6.07, 6.45) is 2.29. The number of hydrogen-bond donors (Lipinski definition) is 1. The Labute approximate surface area is 107 Å². The smallest absolute Gasteiger partial charge is 0.143 e. The van der Waals surface area contributed by atoms with Crippen molar-refractivity contribution in [3.05, 3.63) is 52.1 Å². The standard InChI is InChI=1S/C12H11BrFN3/c1-15-12-10(13)7-16-11(17-12)6-8-2-4-9(14)5-3-8/h2-5,7H,6H2,1H3,(H,15,16,17). The van der Waals surface area contributed by atoms with Crippen molar-refractivity contribution in [2.45, 2.75) is 6.42 Å². The zero-order valence-electron chi connectivity index (χ0n) is 9.24. The van der Waals surface area contributed by atoms with Gasteiger partial charge in [-0.15, -0.1) is 0 Å². The van der Waals surface area contributed by atoms with Crippen LogP contribution in [0.25, 0.3) is 0 Å². The Morgan fingerprint density at radius 2 is 2.00 bits per heavy atom. The van der Waals surface area contributed by atoms with Gasteiger partial charge in [0.2, 0.25) is 0 Å². The van der Waals surface area contributed by atoms with E-state index in [-0.39, 0.29) is 5.82 Å². The Balaban J connectivity index is 2.21. The van der Waals surface area contributed by atoms with Gasteiger partial charge in [0.05, 0.1) is 4.47 Å². The second kappa shape index (κ2) is 5.23. The highest BCUT2D eigenvalue weighted by molar-refractivity contribution is 9.10. The molecule has 1 aromatic heterocycles. The zero-order valence-corrected chi connectivity index (χ0v) is 10.8. The third-order valence-electron chi connectivity index (χ3n) is 2.31. The molecule has 3 nitrogen and oxygen atoms in total. The molecule has 2 rings (SSSR count). The van der Waals surface area contributed by atoms with E-state index in [4.69, 9.17) is 0 Å². The van der Waals surface area contributed by atoms with Crippen LogP contribution in [-0.4, -0.2) is 17.0 Å². The van der Waals surface area contributed by atoms with Gasteiger partial charge in [0, 0.05) is 19.7 Å². The molecular formula is C12H11BrFN3. The summed E-state index contributed by atoms with van der Waals surface area (Å²) in [6.45, 7) is 0. The Hall–Kier alpha value is -1.49. The summed E-state index contributed by atoms with van der Waals surface area (Å²) in [5.41, 5.74) is 0.982. The van der Waals surface area contributed by atoms with Gasteiger partial charge in [-0.05, 0) is 33.6 Å². The third kappa shape index (κ3) is 3.00. The van der Waals surface area contributed by atoms with Crippen LogP contribution < -0.4 is 5.32 Å². The summed E-state index contributed by atoms with van der Waals surface area (Å²) >= 11 is 3.35. The van der Waals surface area contributed by atoms with Crippen LogP contribution in [0.3, 0.4) is 0 Å². The van der Waals surface area contributed by atoms with E-state index in [9.17, 15) is 4.39 Å². The lowest BCUT2D eigenvalue weighted by Crippen LogP contribution is -2.01. The van der Waals surface area contributed by atoms with Crippen LogP contribution in [-0.2, 0) is 6.42 Å². The minimum absolute atomic E-state index is 0.235. The molecule has 0 spiro atoms. The Bertz CT molecular complexity index is 514. The molecule has 5 heteroatoms. The van der Waals surface area contributed by atoms with E-state index in [0.29, 0.717) is 12.2 Å². The van der Waals surface area contributed by atoms with Crippen molar-refractivity contribution >= 4 is 21.7 Å². The molecule has 0 amide bonds.